The molecule has 0 radical (unpaired) electrons. The number of nitrogens with one attached hydrogen (secondary N) is 1. The molecule has 1 aliphatic carbocycles. The molecule has 2 aromatic heterocycles. The van der Waals surface area contributed by atoms with Crippen molar-refractivity contribution in [1.29, 1.82) is 0 Å². The molecule has 5 rings (SSSR count). The van der Waals surface area contributed by atoms with Crippen molar-refractivity contribution in [2.45, 2.75) is 38.4 Å². The van der Waals surface area contributed by atoms with Crippen LogP contribution in [0.15, 0.2) is 71.5 Å². The Morgan fingerprint density at radius 1 is 1.03 bits per heavy atom. The minimum Gasteiger partial charge on any atom is -0.309 e. The summed E-state index contributed by atoms with van der Waals surface area (Å²) in [4.78, 5) is 25.4. The first kappa shape index (κ1) is 23.5. The molecule has 0 aliphatic heterocycles. The van der Waals surface area contributed by atoms with E-state index in [0.717, 1.165) is 17.2 Å². The van der Waals surface area contributed by atoms with E-state index in [1.54, 1.807) is 6.07 Å². The maximum absolute atomic E-state index is 13.5. The van der Waals surface area contributed by atoms with Gasteiger partial charge in [-0.3, -0.25) is 9.59 Å². The van der Waals surface area contributed by atoms with E-state index in [0.29, 0.717) is 34.7 Å². The van der Waals surface area contributed by atoms with Gasteiger partial charge in [-0.25, -0.2) is 9.36 Å². The molecule has 2 heterocycles. The molecule has 7 nitrogen and oxygen atoms in total. The fourth-order valence-corrected chi connectivity index (χ4v) is 3.87. The quantitative estimate of drug-likeness (QED) is 0.413. The lowest BCUT2D eigenvalue weighted by atomic mass is 10.1. The second-order valence-corrected chi connectivity index (χ2v) is 8.79. The number of nitrogens with zero attached hydrogens (tertiary/aromatic N) is 4. The van der Waals surface area contributed by atoms with Gasteiger partial charge in [0.05, 0.1) is 17.1 Å². The zero-order chi connectivity index (χ0) is 25.4. The van der Waals surface area contributed by atoms with Crippen LogP contribution in [0, 0.1) is 6.92 Å². The summed E-state index contributed by atoms with van der Waals surface area (Å²) < 4.78 is 42.5. The molecule has 36 heavy (non-hydrogen) atoms. The standard InChI is InChI=1S/C26H22F3N5O2/c1-16-7-9-17(10-8-16)22-14-23(34(32-22)19-5-3-2-4-6-19)30-24(35)15-33-25(36)20(26(27,28)29)13-21(31-33)18-11-12-18/h2-10,13-14,18H,11-12,15H2,1H3,(H,30,35). The molecule has 1 fully saturated rings. The van der Waals surface area contributed by atoms with Gasteiger partial charge in [-0.05, 0) is 38.0 Å². The van der Waals surface area contributed by atoms with Crippen LogP contribution in [0.5, 0.6) is 0 Å². The number of carbonyl (C=O) groups excluding carboxylic acids is 1. The second-order valence-electron chi connectivity index (χ2n) is 8.79. The maximum atomic E-state index is 13.5. The number of alkyl halides is 3. The average molecular weight is 493 g/mol. The van der Waals surface area contributed by atoms with Crippen LogP contribution in [0.4, 0.5) is 19.0 Å². The zero-order valence-corrected chi connectivity index (χ0v) is 19.3. The molecule has 0 bridgehead atoms. The van der Waals surface area contributed by atoms with E-state index in [2.05, 4.69) is 15.5 Å². The highest BCUT2D eigenvalue weighted by Crippen LogP contribution is 2.40. The second kappa shape index (κ2) is 9.10. The molecule has 2 aromatic carbocycles. The SMILES string of the molecule is Cc1ccc(-c2cc(NC(=O)Cn3nc(C4CC4)cc(C(F)(F)F)c3=O)n(-c3ccccc3)n2)cc1. The number of rotatable bonds is 6. The van der Waals surface area contributed by atoms with E-state index in [1.807, 2.05) is 61.5 Å². The average Bonchev–Trinajstić information content (AvgIpc) is 3.61. The van der Waals surface area contributed by atoms with E-state index >= 15 is 0 Å². The third-order valence-electron chi connectivity index (χ3n) is 5.91. The first-order valence-corrected chi connectivity index (χ1v) is 11.4. The van der Waals surface area contributed by atoms with Crippen molar-refractivity contribution in [3.63, 3.8) is 0 Å². The fourth-order valence-electron chi connectivity index (χ4n) is 3.87. The first-order chi connectivity index (χ1) is 17.2. The Bertz CT molecular complexity index is 1470. The number of carbonyl (C=O) groups is 1. The number of para-hydroxylation sites is 1. The Balaban J connectivity index is 1.47. The monoisotopic (exact) mass is 493 g/mol. The largest absolute Gasteiger partial charge is 0.421 e. The Kier molecular flexibility index (Phi) is 5.95. The van der Waals surface area contributed by atoms with Crippen molar-refractivity contribution >= 4 is 11.7 Å². The molecule has 10 heteroatoms. The van der Waals surface area contributed by atoms with Gasteiger partial charge in [-0.2, -0.15) is 23.4 Å². The number of anilines is 1. The van der Waals surface area contributed by atoms with Gasteiger partial charge in [-0.15, -0.1) is 0 Å². The summed E-state index contributed by atoms with van der Waals surface area (Å²) in [7, 11) is 0. The molecule has 0 unspecified atom stereocenters. The predicted octanol–water partition coefficient (Wildman–Crippen LogP) is 4.94. The van der Waals surface area contributed by atoms with Gasteiger partial charge >= 0.3 is 6.18 Å². The number of hydrogen-bond acceptors (Lipinski definition) is 4. The molecule has 1 amide bonds. The van der Waals surface area contributed by atoms with Crippen molar-refractivity contribution in [3.8, 4) is 16.9 Å². The molecule has 184 valence electrons. The summed E-state index contributed by atoms with van der Waals surface area (Å²) in [5.74, 6) is -0.514. The Morgan fingerprint density at radius 3 is 2.36 bits per heavy atom. The summed E-state index contributed by atoms with van der Waals surface area (Å²) in [6, 6.07) is 19.3. The van der Waals surface area contributed by atoms with Crippen molar-refractivity contribution < 1.29 is 18.0 Å². The molecule has 0 atom stereocenters. The molecular formula is C26H22F3N5O2. The summed E-state index contributed by atoms with van der Waals surface area (Å²) in [6.07, 6.45) is -3.43. The molecule has 1 N–H and O–H groups in total. The lowest BCUT2D eigenvalue weighted by molar-refractivity contribution is -0.139. The summed E-state index contributed by atoms with van der Waals surface area (Å²) in [5.41, 5.74) is 0.693. The highest BCUT2D eigenvalue weighted by molar-refractivity contribution is 5.90. The van der Waals surface area contributed by atoms with Gasteiger partial charge in [0.2, 0.25) is 5.91 Å². The fraction of sp³-hybridized carbons (Fsp3) is 0.231. The number of amides is 1. The highest BCUT2D eigenvalue weighted by Gasteiger charge is 2.37. The number of aromatic nitrogens is 4. The number of hydrogen-bond donors (Lipinski definition) is 1. The molecule has 1 aliphatic rings. The van der Waals surface area contributed by atoms with Gasteiger partial charge in [0.1, 0.15) is 17.9 Å². The zero-order valence-electron chi connectivity index (χ0n) is 19.3. The first-order valence-electron chi connectivity index (χ1n) is 11.4. The van der Waals surface area contributed by atoms with E-state index in [4.69, 9.17) is 0 Å². The summed E-state index contributed by atoms with van der Waals surface area (Å²) in [5, 5.41) is 11.4. The lowest BCUT2D eigenvalue weighted by Gasteiger charge is -2.13. The lowest BCUT2D eigenvalue weighted by Crippen LogP contribution is -2.35. The van der Waals surface area contributed by atoms with Crippen LogP contribution in [-0.4, -0.2) is 25.5 Å². The van der Waals surface area contributed by atoms with Crippen LogP contribution in [0.3, 0.4) is 0 Å². The van der Waals surface area contributed by atoms with Crippen molar-refractivity contribution in [1.82, 2.24) is 19.6 Å². The Labute approximate surface area is 204 Å². The van der Waals surface area contributed by atoms with Crippen LogP contribution in [0.1, 0.15) is 35.6 Å². The van der Waals surface area contributed by atoms with Gasteiger partial charge in [0.15, 0.2) is 0 Å². The normalized spacial score (nSPS) is 13.6. The van der Waals surface area contributed by atoms with Gasteiger partial charge in [0.25, 0.3) is 5.56 Å². The topological polar surface area (TPSA) is 81.8 Å². The molecule has 4 aromatic rings. The Morgan fingerprint density at radius 2 is 1.72 bits per heavy atom. The minimum absolute atomic E-state index is 0.127. The van der Waals surface area contributed by atoms with Crippen molar-refractivity contribution in [2.75, 3.05) is 5.32 Å². The van der Waals surface area contributed by atoms with Crippen LogP contribution in [0.2, 0.25) is 0 Å². The van der Waals surface area contributed by atoms with Gasteiger partial charge in [-0.1, -0.05) is 48.0 Å². The number of halogens is 3. The summed E-state index contributed by atoms with van der Waals surface area (Å²) >= 11 is 0. The van der Waals surface area contributed by atoms with Crippen LogP contribution in [-0.2, 0) is 17.5 Å². The van der Waals surface area contributed by atoms with Crippen molar-refractivity contribution in [2.24, 2.45) is 0 Å². The van der Waals surface area contributed by atoms with Crippen LogP contribution in [0.25, 0.3) is 16.9 Å². The van der Waals surface area contributed by atoms with Crippen molar-refractivity contribution in [3.05, 3.63) is 93.9 Å². The maximum Gasteiger partial charge on any atom is 0.421 e. The van der Waals surface area contributed by atoms with Crippen LogP contribution < -0.4 is 10.9 Å². The third-order valence-corrected chi connectivity index (χ3v) is 5.91. The number of benzene rings is 2. The summed E-state index contributed by atoms with van der Waals surface area (Å²) in [6.45, 7) is 1.30. The van der Waals surface area contributed by atoms with E-state index < -0.39 is 29.8 Å². The Hall–Kier alpha value is -4.21. The van der Waals surface area contributed by atoms with Gasteiger partial charge < -0.3 is 5.32 Å². The van der Waals surface area contributed by atoms with E-state index in [9.17, 15) is 22.8 Å². The highest BCUT2D eigenvalue weighted by atomic mass is 19.4. The number of aryl methyl sites for hydroxylation is 1. The molecular weight excluding hydrogens is 471 g/mol. The van der Waals surface area contributed by atoms with Crippen LogP contribution >= 0.6 is 0 Å². The predicted molar refractivity (Wildman–Crippen MR) is 128 cm³/mol. The molecule has 1 saturated carbocycles. The molecule has 0 saturated heterocycles. The van der Waals surface area contributed by atoms with Gasteiger partial charge in [0, 0.05) is 17.5 Å². The van der Waals surface area contributed by atoms with E-state index in [-0.39, 0.29) is 11.6 Å². The minimum atomic E-state index is -4.84. The molecule has 0 spiro atoms. The third kappa shape index (κ3) is 4.93. The smallest absolute Gasteiger partial charge is 0.309 e. The van der Waals surface area contributed by atoms with E-state index in [1.165, 1.54) is 4.68 Å².